The van der Waals surface area contributed by atoms with Gasteiger partial charge < -0.3 is 20.9 Å². The lowest BCUT2D eigenvalue weighted by Crippen LogP contribution is -2.08. The Morgan fingerprint density at radius 3 is 2.62 bits per heavy atom. The third-order valence-electron chi connectivity index (χ3n) is 4.77. The molecule has 32 heavy (non-hydrogen) atoms. The first kappa shape index (κ1) is 22.3. The molecule has 1 atom stereocenters. The first-order valence-electron chi connectivity index (χ1n) is 9.95. The number of hydrogen-bond acceptors (Lipinski definition) is 9. The molecule has 0 bridgehead atoms. The van der Waals surface area contributed by atoms with Crippen molar-refractivity contribution >= 4 is 44.0 Å². The van der Waals surface area contributed by atoms with E-state index in [0.717, 1.165) is 22.1 Å². The number of anilines is 2. The molecule has 166 valence electrons. The van der Waals surface area contributed by atoms with Gasteiger partial charge in [-0.05, 0) is 17.2 Å². The third-order valence-corrected chi connectivity index (χ3v) is 7.64. The summed E-state index contributed by atoms with van der Waals surface area (Å²) in [6.07, 6.45) is 3.37. The number of benzene rings is 1. The predicted molar refractivity (Wildman–Crippen MR) is 129 cm³/mol. The highest BCUT2D eigenvalue weighted by atomic mass is 32.2. The van der Waals surface area contributed by atoms with E-state index in [1.165, 1.54) is 11.3 Å². The topological polar surface area (TPSA) is 123 Å². The lowest BCUT2D eigenvalue weighted by molar-refractivity contribution is 0.218. The maximum Gasteiger partial charge on any atom is 0.222 e. The molecule has 0 spiro atoms. The van der Waals surface area contributed by atoms with E-state index >= 15 is 0 Å². The van der Waals surface area contributed by atoms with Gasteiger partial charge in [-0.25, -0.2) is 15.0 Å². The molecule has 1 unspecified atom stereocenters. The highest BCUT2D eigenvalue weighted by Gasteiger charge is 2.21. The van der Waals surface area contributed by atoms with E-state index in [1.807, 2.05) is 36.4 Å². The van der Waals surface area contributed by atoms with Crippen molar-refractivity contribution < 1.29 is 14.1 Å². The van der Waals surface area contributed by atoms with Crippen LogP contribution in [0.4, 0.5) is 11.6 Å². The summed E-state index contributed by atoms with van der Waals surface area (Å²) >= 11 is 1.34. The fourth-order valence-corrected chi connectivity index (χ4v) is 5.80. The van der Waals surface area contributed by atoms with Gasteiger partial charge in [-0.2, -0.15) is 0 Å². The molecule has 3 aromatic heterocycles. The van der Waals surface area contributed by atoms with Gasteiger partial charge in [0.25, 0.3) is 0 Å². The molecule has 0 aliphatic rings. The number of fused-ring (bicyclic) bond motifs is 1. The number of nitrogens with zero attached hydrogens (tertiary/aromatic N) is 3. The van der Waals surface area contributed by atoms with Crippen LogP contribution >= 0.6 is 11.3 Å². The number of nitrogens with two attached hydrogens (primary N) is 1. The Kier molecular flexibility index (Phi) is 7.05. The summed E-state index contributed by atoms with van der Waals surface area (Å²) in [5, 5.41) is 12.7. The lowest BCUT2D eigenvalue weighted by Gasteiger charge is -2.09. The van der Waals surface area contributed by atoms with Gasteiger partial charge in [-0.3, -0.25) is 4.21 Å². The summed E-state index contributed by atoms with van der Waals surface area (Å²) < 4.78 is 18.5. The molecular weight excluding hydrogens is 446 g/mol. The van der Waals surface area contributed by atoms with Crippen molar-refractivity contribution in [2.75, 3.05) is 43.7 Å². The number of thiophene rings is 1. The van der Waals surface area contributed by atoms with Crippen molar-refractivity contribution in [2.24, 2.45) is 0 Å². The first-order valence-corrected chi connectivity index (χ1v) is 12.1. The molecule has 3 heterocycles. The zero-order chi connectivity index (χ0) is 22.5. The largest absolute Gasteiger partial charge is 0.396 e. The number of aliphatic hydroxyl groups excluding tert-OH is 1. The number of hydrogen-bond donors (Lipinski definition) is 3. The monoisotopic (exact) mass is 469 g/mol. The molecule has 10 heteroatoms. The molecule has 4 rings (SSSR count). The molecule has 4 aromatic rings. The smallest absolute Gasteiger partial charge is 0.222 e. The van der Waals surface area contributed by atoms with E-state index in [0.29, 0.717) is 45.3 Å². The van der Waals surface area contributed by atoms with Gasteiger partial charge in [0.1, 0.15) is 9.04 Å². The van der Waals surface area contributed by atoms with Gasteiger partial charge in [0.2, 0.25) is 5.95 Å². The van der Waals surface area contributed by atoms with Crippen LogP contribution in [0.2, 0.25) is 0 Å². The second-order valence-corrected chi connectivity index (χ2v) is 9.66. The van der Waals surface area contributed by atoms with Crippen LogP contribution in [0.5, 0.6) is 0 Å². The Labute approximate surface area is 192 Å². The fourth-order valence-electron chi connectivity index (χ4n) is 3.23. The van der Waals surface area contributed by atoms with Crippen LogP contribution in [-0.2, 0) is 15.5 Å². The highest BCUT2D eigenvalue weighted by Crippen LogP contribution is 2.42. The fraction of sp³-hybridized carbons (Fsp3) is 0.227. The lowest BCUT2D eigenvalue weighted by atomic mass is 10.0. The van der Waals surface area contributed by atoms with Crippen LogP contribution in [0.15, 0.2) is 53.0 Å². The number of aliphatic hydroxyl groups is 1. The minimum absolute atomic E-state index is 0.00233. The zero-order valence-electron chi connectivity index (χ0n) is 17.4. The molecule has 0 radical (unpaired) electrons. The molecule has 1 aromatic carbocycles. The van der Waals surface area contributed by atoms with E-state index in [1.54, 1.807) is 19.5 Å². The molecule has 0 saturated heterocycles. The summed E-state index contributed by atoms with van der Waals surface area (Å²) in [5.41, 5.74) is 10.3. The molecule has 0 amide bonds. The highest BCUT2D eigenvalue weighted by molar-refractivity contribution is 7.87. The second kappa shape index (κ2) is 10.1. The molecule has 0 aliphatic heterocycles. The molecule has 8 nitrogen and oxygen atoms in total. The number of nitrogen functional groups attached to an aromatic ring is 1. The van der Waals surface area contributed by atoms with E-state index in [2.05, 4.69) is 15.3 Å². The van der Waals surface area contributed by atoms with Crippen molar-refractivity contribution in [1.82, 2.24) is 15.0 Å². The first-order chi connectivity index (χ1) is 15.6. The van der Waals surface area contributed by atoms with Gasteiger partial charge in [0.05, 0.1) is 41.1 Å². The molecule has 0 fully saturated rings. The predicted octanol–water partition coefficient (Wildman–Crippen LogP) is 3.16. The van der Waals surface area contributed by atoms with Crippen LogP contribution in [0, 0.1) is 0 Å². The summed E-state index contributed by atoms with van der Waals surface area (Å²) in [5.74, 6) is 0.806. The summed E-state index contributed by atoms with van der Waals surface area (Å²) in [4.78, 5) is 14.1. The van der Waals surface area contributed by atoms with Crippen LogP contribution in [0.1, 0.15) is 0 Å². The Hall–Kier alpha value is -2.92. The van der Waals surface area contributed by atoms with Crippen molar-refractivity contribution in [1.29, 1.82) is 0 Å². The van der Waals surface area contributed by atoms with Crippen molar-refractivity contribution in [3.05, 3.63) is 48.8 Å². The summed E-state index contributed by atoms with van der Waals surface area (Å²) in [6.45, 7) is 0.759. The minimum atomic E-state index is -1.27. The van der Waals surface area contributed by atoms with E-state index in [4.69, 9.17) is 20.6 Å². The van der Waals surface area contributed by atoms with E-state index in [9.17, 15) is 4.21 Å². The van der Waals surface area contributed by atoms with Gasteiger partial charge in [0.15, 0.2) is 0 Å². The standard InChI is InChI=1S/C22H23N5O3S2/c1-30-9-10-32(29)21-19(23)18-16(14-5-3-2-4-6-14)11-17(27-20(18)31-21)15-12-25-22(26-13-15)24-7-8-28/h2-6,11-13,28H,7-10,23H2,1H3,(H,24,25,26). The van der Waals surface area contributed by atoms with Gasteiger partial charge in [-0.15, -0.1) is 11.3 Å². The van der Waals surface area contributed by atoms with Crippen LogP contribution < -0.4 is 11.1 Å². The number of ether oxygens (including phenoxy) is 1. The second-order valence-electron chi connectivity index (χ2n) is 6.89. The molecular formula is C22H23N5O3S2. The van der Waals surface area contributed by atoms with Crippen LogP contribution in [0.25, 0.3) is 32.6 Å². The van der Waals surface area contributed by atoms with Crippen molar-refractivity contribution in [3.8, 4) is 22.4 Å². The quantitative estimate of drug-likeness (QED) is 0.342. The Balaban J connectivity index is 1.84. The van der Waals surface area contributed by atoms with Gasteiger partial charge >= 0.3 is 0 Å². The number of nitrogens with one attached hydrogen (secondary N) is 1. The van der Waals surface area contributed by atoms with Gasteiger partial charge in [-0.1, -0.05) is 30.3 Å². The number of pyridine rings is 1. The molecule has 0 aliphatic carbocycles. The Morgan fingerprint density at radius 1 is 1.19 bits per heavy atom. The number of rotatable bonds is 9. The average molecular weight is 470 g/mol. The van der Waals surface area contributed by atoms with Crippen molar-refractivity contribution in [3.63, 3.8) is 0 Å². The van der Waals surface area contributed by atoms with Crippen LogP contribution in [0.3, 0.4) is 0 Å². The Bertz CT molecular complexity index is 1230. The summed E-state index contributed by atoms with van der Waals surface area (Å²) in [7, 11) is 0.308. The van der Waals surface area contributed by atoms with E-state index in [-0.39, 0.29) is 6.61 Å². The molecule has 4 N–H and O–H groups in total. The maximum atomic E-state index is 12.8. The van der Waals surface area contributed by atoms with Crippen molar-refractivity contribution in [2.45, 2.75) is 4.21 Å². The average Bonchev–Trinajstić information content (AvgIpc) is 3.18. The maximum absolute atomic E-state index is 12.8. The SMILES string of the molecule is COCCS(=O)c1sc2nc(-c3cnc(NCCO)nc3)cc(-c3ccccc3)c2c1N. The normalized spacial score (nSPS) is 12.2. The van der Waals surface area contributed by atoms with Gasteiger partial charge in [0, 0.05) is 37.0 Å². The molecule has 0 saturated carbocycles. The number of aromatic nitrogens is 3. The van der Waals surface area contributed by atoms with E-state index < -0.39 is 10.8 Å². The number of methoxy groups -OCH3 is 1. The third kappa shape index (κ3) is 4.63. The van der Waals surface area contributed by atoms with Crippen LogP contribution in [-0.4, -0.2) is 56.9 Å². The minimum Gasteiger partial charge on any atom is -0.396 e. The summed E-state index contributed by atoms with van der Waals surface area (Å²) in [6, 6.07) is 11.9. The Morgan fingerprint density at radius 2 is 1.94 bits per heavy atom. The zero-order valence-corrected chi connectivity index (χ0v) is 19.1.